The summed E-state index contributed by atoms with van der Waals surface area (Å²) in [5.41, 5.74) is 0. The number of nitrogens with one attached hydrogen (secondary N) is 1. The third kappa shape index (κ3) is 3.94. The molecule has 1 aromatic heterocycles. The van der Waals surface area contributed by atoms with E-state index in [1.165, 1.54) is 0 Å². The molecule has 14 heavy (non-hydrogen) atoms. The number of furan rings is 1. The van der Waals surface area contributed by atoms with Crippen molar-refractivity contribution in [3.63, 3.8) is 0 Å². The predicted octanol–water partition coefficient (Wildman–Crippen LogP) is 1.84. The molecular formula is C11H19NO2. The Kier molecular flexibility index (Phi) is 5.33. The van der Waals surface area contributed by atoms with Crippen LogP contribution in [0.4, 0.5) is 0 Å². The summed E-state index contributed by atoms with van der Waals surface area (Å²) in [6.07, 6.45) is 3.66. The molecule has 1 heterocycles. The van der Waals surface area contributed by atoms with Crippen LogP contribution in [0, 0.1) is 0 Å². The first-order valence-electron chi connectivity index (χ1n) is 5.14. The largest absolute Gasteiger partial charge is 0.469 e. The lowest BCUT2D eigenvalue weighted by Crippen LogP contribution is -2.28. The highest BCUT2D eigenvalue weighted by Gasteiger charge is 2.08. The average molecular weight is 197 g/mol. The van der Waals surface area contributed by atoms with E-state index in [1.807, 2.05) is 26.1 Å². The van der Waals surface area contributed by atoms with Gasteiger partial charge >= 0.3 is 0 Å². The second kappa shape index (κ2) is 6.62. The fourth-order valence-corrected chi connectivity index (χ4v) is 1.39. The molecule has 0 aliphatic heterocycles. The summed E-state index contributed by atoms with van der Waals surface area (Å²) in [7, 11) is 1.97. The van der Waals surface area contributed by atoms with Crippen LogP contribution in [0.3, 0.4) is 0 Å². The highest BCUT2D eigenvalue weighted by Crippen LogP contribution is 2.06. The molecule has 0 saturated carbocycles. The van der Waals surface area contributed by atoms with Gasteiger partial charge < -0.3 is 14.5 Å². The van der Waals surface area contributed by atoms with Crippen molar-refractivity contribution < 1.29 is 9.15 Å². The maximum atomic E-state index is 5.31. The van der Waals surface area contributed by atoms with Gasteiger partial charge in [0.05, 0.1) is 6.26 Å². The van der Waals surface area contributed by atoms with Crippen molar-refractivity contribution in [2.75, 3.05) is 20.3 Å². The maximum Gasteiger partial charge on any atom is 0.105 e. The third-order valence-electron chi connectivity index (χ3n) is 2.25. The minimum Gasteiger partial charge on any atom is -0.469 e. The van der Waals surface area contributed by atoms with Gasteiger partial charge in [-0.2, -0.15) is 0 Å². The van der Waals surface area contributed by atoms with E-state index in [4.69, 9.17) is 9.15 Å². The van der Waals surface area contributed by atoms with Crippen LogP contribution in [0.5, 0.6) is 0 Å². The standard InChI is InChI=1S/C11H19NO2/c1-3-13-8-6-10(12-2)9-11-5-4-7-14-11/h4-5,7,10,12H,3,6,8-9H2,1-2H3. The maximum absolute atomic E-state index is 5.31. The van der Waals surface area contributed by atoms with E-state index in [-0.39, 0.29) is 0 Å². The second-order valence-electron chi connectivity index (χ2n) is 3.25. The number of ether oxygens (including phenoxy) is 1. The zero-order valence-corrected chi connectivity index (χ0v) is 8.95. The molecule has 0 aromatic carbocycles. The number of hydrogen-bond acceptors (Lipinski definition) is 3. The lowest BCUT2D eigenvalue weighted by molar-refractivity contribution is 0.136. The smallest absolute Gasteiger partial charge is 0.105 e. The van der Waals surface area contributed by atoms with E-state index in [0.29, 0.717) is 6.04 Å². The molecule has 3 nitrogen and oxygen atoms in total. The molecule has 80 valence electrons. The zero-order chi connectivity index (χ0) is 10.2. The number of rotatable bonds is 7. The molecule has 1 rings (SSSR count). The first kappa shape index (κ1) is 11.3. The van der Waals surface area contributed by atoms with Gasteiger partial charge in [-0.15, -0.1) is 0 Å². The lowest BCUT2D eigenvalue weighted by atomic mass is 10.1. The van der Waals surface area contributed by atoms with Crippen LogP contribution in [0.15, 0.2) is 22.8 Å². The SMILES string of the molecule is CCOCCC(Cc1ccco1)NC. The Morgan fingerprint density at radius 2 is 2.43 bits per heavy atom. The molecule has 1 aromatic rings. The predicted molar refractivity (Wildman–Crippen MR) is 56.4 cm³/mol. The normalized spacial score (nSPS) is 13.0. The Morgan fingerprint density at radius 1 is 1.57 bits per heavy atom. The van der Waals surface area contributed by atoms with Crippen LogP contribution >= 0.6 is 0 Å². The molecule has 1 unspecified atom stereocenters. The molecule has 0 bridgehead atoms. The van der Waals surface area contributed by atoms with Gasteiger partial charge in [0, 0.05) is 25.7 Å². The summed E-state index contributed by atoms with van der Waals surface area (Å²) in [5.74, 6) is 1.03. The summed E-state index contributed by atoms with van der Waals surface area (Å²) in [5, 5.41) is 3.26. The molecule has 0 amide bonds. The Hall–Kier alpha value is -0.800. The number of likely N-dealkylation sites (N-methyl/N-ethyl adjacent to an activating group) is 1. The second-order valence-corrected chi connectivity index (χ2v) is 3.25. The molecule has 0 spiro atoms. The van der Waals surface area contributed by atoms with Crippen molar-refractivity contribution in [2.45, 2.75) is 25.8 Å². The van der Waals surface area contributed by atoms with Crippen molar-refractivity contribution in [1.29, 1.82) is 0 Å². The third-order valence-corrected chi connectivity index (χ3v) is 2.25. The van der Waals surface area contributed by atoms with Crippen LogP contribution in [-0.2, 0) is 11.2 Å². The van der Waals surface area contributed by atoms with E-state index < -0.39 is 0 Å². The van der Waals surface area contributed by atoms with Gasteiger partial charge in [-0.3, -0.25) is 0 Å². The van der Waals surface area contributed by atoms with Gasteiger partial charge in [0.1, 0.15) is 5.76 Å². The average Bonchev–Trinajstić information content (AvgIpc) is 2.69. The van der Waals surface area contributed by atoms with Crippen LogP contribution in [0.25, 0.3) is 0 Å². The lowest BCUT2D eigenvalue weighted by Gasteiger charge is -2.14. The molecule has 1 N–H and O–H groups in total. The highest BCUT2D eigenvalue weighted by atomic mass is 16.5. The summed E-state index contributed by atoms with van der Waals surface area (Å²) in [6, 6.07) is 4.36. The first-order chi connectivity index (χ1) is 6.86. The van der Waals surface area contributed by atoms with E-state index in [1.54, 1.807) is 6.26 Å². The minimum absolute atomic E-state index is 0.438. The van der Waals surface area contributed by atoms with Gasteiger partial charge in [-0.1, -0.05) is 0 Å². The fourth-order valence-electron chi connectivity index (χ4n) is 1.39. The van der Waals surface area contributed by atoms with Gasteiger partial charge in [0.25, 0.3) is 0 Å². The van der Waals surface area contributed by atoms with Crippen LogP contribution < -0.4 is 5.32 Å². The summed E-state index contributed by atoms with van der Waals surface area (Å²) >= 11 is 0. The van der Waals surface area contributed by atoms with E-state index in [2.05, 4.69) is 5.32 Å². The van der Waals surface area contributed by atoms with Crippen LogP contribution in [0.1, 0.15) is 19.1 Å². The van der Waals surface area contributed by atoms with Gasteiger partial charge in [0.2, 0.25) is 0 Å². The summed E-state index contributed by atoms with van der Waals surface area (Å²) < 4.78 is 10.6. The van der Waals surface area contributed by atoms with E-state index in [9.17, 15) is 0 Å². The topological polar surface area (TPSA) is 34.4 Å². The van der Waals surface area contributed by atoms with Gasteiger partial charge in [0.15, 0.2) is 0 Å². The van der Waals surface area contributed by atoms with Crippen molar-refractivity contribution in [3.8, 4) is 0 Å². The van der Waals surface area contributed by atoms with E-state index >= 15 is 0 Å². The van der Waals surface area contributed by atoms with Gasteiger partial charge in [-0.05, 0) is 32.5 Å². The molecule has 0 fully saturated rings. The molecule has 1 atom stereocenters. The first-order valence-corrected chi connectivity index (χ1v) is 5.14. The van der Waals surface area contributed by atoms with Crippen molar-refractivity contribution in [1.82, 2.24) is 5.32 Å². The molecule has 0 aliphatic rings. The van der Waals surface area contributed by atoms with Crippen LogP contribution in [0.2, 0.25) is 0 Å². The van der Waals surface area contributed by atoms with E-state index in [0.717, 1.165) is 31.8 Å². The zero-order valence-electron chi connectivity index (χ0n) is 8.95. The molecule has 0 aliphatic carbocycles. The van der Waals surface area contributed by atoms with Crippen molar-refractivity contribution in [3.05, 3.63) is 24.2 Å². The number of hydrogen-bond donors (Lipinski definition) is 1. The monoisotopic (exact) mass is 197 g/mol. The Balaban J connectivity index is 2.24. The van der Waals surface area contributed by atoms with Crippen molar-refractivity contribution >= 4 is 0 Å². The van der Waals surface area contributed by atoms with Crippen LogP contribution in [-0.4, -0.2) is 26.3 Å². The highest BCUT2D eigenvalue weighted by molar-refractivity contribution is 5.00. The Bertz CT molecular complexity index is 221. The molecule has 3 heteroatoms. The molecule has 0 saturated heterocycles. The summed E-state index contributed by atoms with van der Waals surface area (Å²) in [4.78, 5) is 0. The Morgan fingerprint density at radius 3 is 3.00 bits per heavy atom. The Labute approximate surface area is 85.4 Å². The molecule has 0 radical (unpaired) electrons. The van der Waals surface area contributed by atoms with Gasteiger partial charge in [-0.25, -0.2) is 0 Å². The van der Waals surface area contributed by atoms with Crippen molar-refractivity contribution in [2.24, 2.45) is 0 Å². The fraction of sp³-hybridized carbons (Fsp3) is 0.636. The quantitative estimate of drug-likeness (QED) is 0.677. The molecular weight excluding hydrogens is 178 g/mol. The summed E-state index contributed by atoms with van der Waals surface area (Å²) in [6.45, 7) is 3.61. The minimum atomic E-state index is 0.438.